The summed E-state index contributed by atoms with van der Waals surface area (Å²) in [6.45, 7) is 2.87. The smallest absolute Gasteiger partial charge is 0.221 e. The van der Waals surface area contributed by atoms with Crippen molar-refractivity contribution < 1.29 is 0 Å². The normalized spacial score (nSPS) is 16.8. The van der Waals surface area contributed by atoms with E-state index in [2.05, 4.69) is 43.4 Å². The topological polar surface area (TPSA) is 122 Å². The fraction of sp³-hybridized carbons (Fsp3) is 0.357. The summed E-state index contributed by atoms with van der Waals surface area (Å²) in [5, 5.41) is 17.9. The first-order valence-electron chi connectivity index (χ1n) is 12.9. The van der Waals surface area contributed by atoms with Crippen molar-refractivity contribution in [3.05, 3.63) is 71.7 Å². The number of nitrogen functional groups attached to an aromatic ring is 1. The molecule has 2 aliphatic rings. The van der Waals surface area contributed by atoms with Gasteiger partial charge >= 0.3 is 0 Å². The molecule has 0 radical (unpaired) electrons. The highest BCUT2D eigenvalue weighted by Crippen LogP contribution is 2.44. The van der Waals surface area contributed by atoms with Crippen LogP contribution in [0.3, 0.4) is 0 Å². The molecular formula is C28H29N9. The lowest BCUT2D eigenvalue weighted by Gasteiger charge is -2.34. The minimum absolute atomic E-state index is 0.141. The minimum Gasteiger partial charge on any atom is -0.368 e. The number of hydrogen-bond donors (Lipinski definition) is 1. The zero-order chi connectivity index (χ0) is 25.2. The second-order valence-corrected chi connectivity index (χ2v) is 9.92. The lowest BCUT2D eigenvalue weighted by atomic mass is 10.0. The van der Waals surface area contributed by atoms with E-state index in [0.717, 1.165) is 17.2 Å². The molecule has 2 N–H and O–H groups in total. The molecule has 37 heavy (non-hydrogen) atoms. The Kier molecular flexibility index (Phi) is 6.33. The third-order valence-electron chi connectivity index (χ3n) is 7.14. The van der Waals surface area contributed by atoms with Gasteiger partial charge in [-0.1, -0.05) is 29.8 Å². The first-order valence-corrected chi connectivity index (χ1v) is 12.9. The lowest BCUT2D eigenvalue weighted by molar-refractivity contribution is 0.143. The van der Waals surface area contributed by atoms with E-state index in [-0.39, 0.29) is 5.95 Å². The van der Waals surface area contributed by atoms with Crippen molar-refractivity contribution in [1.82, 2.24) is 34.8 Å². The maximum absolute atomic E-state index is 9.23. The van der Waals surface area contributed by atoms with Gasteiger partial charge in [-0.15, -0.1) is 5.10 Å². The highest BCUT2D eigenvalue weighted by molar-refractivity contribution is 5.68. The molecule has 6 rings (SSSR count). The Hall–Kier alpha value is -4.16. The number of benzene rings is 1. The highest BCUT2D eigenvalue weighted by Gasteiger charge is 2.37. The van der Waals surface area contributed by atoms with Crippen molar-refractivity contribution in [2.75, 3.05) is 18.8 Å². The standard InChI is InChI=1S/C28H29N9/c29-16-19-6-4-7-21(14-19)24-15-25(33-28(30)32-24)26-18-37(35-34-26)17-22-8-5-9-23(31-22)27(20-10-11-20)36-12-2-1-3-13-36/h4-9,14-15,18,20,27H,1-3,10-13,17H2,(H2,30,32,33). The largest absolute Gasteiger partial charge is 0.368 e. The molecule has 1 aliphatic carbocycles. The van der Waals surface area contributed by atoms with Crippen molar-refractivity contribution in [3.63, 3.8) is 0 Å². The molecule has 186 valence electrons. The monoisotopic (exact) mass is 491 g/mol. The summed E-state index contributed by atoms with van der Waals surface area (Å²) in [5.41, 5.74) is 11.3. The van der Waals surface area contributed by atoms with Crippen LogP contribution in [0.1, 0.15) is 55.1 Å². The molecule has 0 spiro atoms. The number of aromatic nitrogens is 6. The summed E-state index contributed by atoms with van der Waals surface area (Å²) >= 11 is 0. The van der Waals surface area contributed by atoms with Gasteiger partial charge in [-0.05, 0) is 75.0 Å². The van der Waals surface area contributed by atoms with Gasteiger partial charge < -0.3 is 5.73 Å². The molecule has 0 amide bonds. The molecule has 1 saturated carbocycles. The first-order chi connectivity index (χ1) is 18.2. The van der Waals surface area contributed by atoms with Crippen molar-refractivity contribution >= 4 is 5.95 Å². The molecule has 4 aromatic rings. The van der Waals surface area contributed by atoms with Gasteiger partial charge in [-0.2, -0.15) is 5.26 Å². The van der Waals surface area contributed by atoms with Crippen molar-refractivity contribution in [2.24, 2.45) is 5.92 Å². The summed E-state index contributed by atoms with van der Waals surface area (Å²) in [6.07, 6.45) is 8.35. The van der Waals surface area contributed by atoms with Gasteiger partial charge in [-0.3, -0.25) is 9.88 Å². The van der Waals surface area contributed by atoms with Crippen LogP contribution >= 0.6 is 0 Å². The van der Waals surface area contributed by atoms with E-state index in [1.54, 1.807) is 16.8 Å². The van der Waals surface area contributed by atoms with Gasteiger partial charge in [0, 0.05) is 5.56 Å². The number of nitrogens with zero attached hydrogens (tertiary/aromatic N) is 8. The predicted octanol–water partition coefficient (Wildman–Crippen LogP) is 4.24. The second-order valence-electron chi connectivity index (χ2n) is 9.92. The third kappa shape index (κ3) is 5.20. The SMILES string of the molecule is N#Cc1cccc(-c2cc(-c3cn(Cc4cccc(C(C5CC5)N5CCCCC5)n4)nn3)nc(N)n2)c1. The molecule has 3 aromatic heterocycles. The molecule has 1 saturated heterocycles. The van der Waals surface area contributed by atoms with E-state index < -0.39 is 0 Å². The molecule has 0 bridgehead atoms. The molecule has 9 nitrogen and oxygen atoms in total. The molecule has 9 heteroatoms. The van der Waals surface area contributed by atoms with Crippen LogP contribution in [0.5, 0.6) is 0 Å². The fourth-order valence-electron chi connectivity index (χ4n) is 5.24. The van der Waals surface area contributed by atoms with E-state index in [1.165, 1.54) is 50.9 Å². The average molecular weight is 492 g/mol. The van der Waals surface area contributed by atoms with E-state index in [9.17, 15) is 5.26 Å². The summed E-state index contributed by atoms with van der Waals surface area (Å²) in [7, 11) is 0. The van der Waals surface area contributed by atoms with E-state index in [4.69, 9.17) is 10.7 Å². The highest BCUT2D eigenvalue weighted by atomic mass is 15.4. The van der Waals surface area contributed by atoms with Crippen LogP contribution in [0.4, 0.5) is 5.95 Å². The Morgan fingerprint density at radius 2 is 1.76 bits per heavy atom. The maximum Gasteiger partial charge on any atom is 0.221 e. The zero-order valence-electron chi connectivity index (χ0n) is 20.7. The molecule has 1 aliphatic heterocycles. The van der Waals surface area contributed by atoms with E-state index in [0.29, 0.717) is 35.2 Å². The van der Waals surface area contributed by atoms with Gasteiger partial charge in [0.15, 0.2) is 0 Å². The number of likely N-dealkylation sites (tertiary alicyclic amines) is 1. The number of pyridine rings is 1. The Morgan fingerprint density at radius 3 is 2.57 bits per heavy atom. The van der Waals surface area contributed by atoms with Gasteiger partial charge in [0.05, 0.1) is 53.2 Å². The second kappa shape index (κ2) is 10.1. The Balaban J connectivity index is 1.23. The number of nitrogens with two attached hydrogens (primary N) is 1. The van der Waals surface area contributed by atoms with Gasteiger partial charge in [0.25, 0.3) is 0 Å². The first kappa shape index (κ1) is 23.3. The Bertz CT molecular complexity index is 1440. The predicted molar refractivity (Wildman–Crippen MR) is 140 cm³/mol. The minimum atomic E-state index is 0.141. The van der Waals surface area contributed by atoms with Crippen LogP contribution in [0.15, 0.2) is 54.7 Å². The van der Waals surface area contributed by atoms with Crippen LogP contribution < -0.4 is 5.73 Å². The number of hydrogen-bond acceptors (Lipinski definition) is 8. The Morgan fingerprint density at radius 1 is 0.946 bits per heavy atom. The number of nitriles is 1. The van der Waals surface area contributed by atoms with Gasteiger partial charge in [0.1, 0.15) is 5.69 Å². The average Bonchev–Trinajstić information content (AvgIpc) is 3.65. The molecule has 1 aromatic carbocycles. The van der Waals surface area contributed by atoms with Crippen LogP contribution in [0.25, 0.3) is 22.6 Å². The molecule has 1 unspecified atom stereocenters. The number of piperidine rings is 1. The molecule has 4 heterocycles. The quantitative estimate of drug-likeness (QED) is 0.407. The lowest BCUT2D eigenvalue weighted by Crippen LogP contribution is -2.35. The molecular weight excluding hydrogens is 462 g/mol. The third-order valence-corrected chi connectivity index (χ3v) is 7.14. The molecule has 2 fully saturated rings. The van der Waals surface area contributed by atoms with Crippen LogP contribution in [0, 0.1) is 17.2 Å². The number of anilines is 1. The van der Waals surface area contributed by atoms with E-state index >= 15 is 0 Å². The zero-order valence-corrected chi connectivity index (χ0v) is 20.7. The van der Waals surface area contributed by atoms with Gasteiger partial charge in [-0.25, -0.2) is 14.6 Å². The molecule has 1 atom stereocenters. The summed E-state index contributed by atoms with van der Waals surface area (Å²) in [5.74, 6) is 0.868. The summed E-state index contributed by atoms with van der Waals surface area (Å²) in [6, 6.07) is 18.0. The fourth-order valence-corrected chi connectivity index (χ4v) is 5.24. The van der Waals surface area contributed by atoms with E-state index in [1.807, 2.05) is 30.5 Å². The Labute approximate surface area is 216 Å². The van der Waals surface area contributed by atoms with Crippen LogP contribution in [-0.4, -0.2) is 47.9 Å². The summed E-state index contributed by atoms with van der Waals surface area (Å²) in [4.78, 5) is 16.4. The van der Waals surface area contributed by atoms with Crippen molar-refractivity contribution in [3.8, 4) is 28.7 Å². The number of rotatable bonds is 7. The van der Waals surface area contributed by atoms with Crippen molar-refractivity contribution in [1.29, 1.82) is 5.26 Å². The maximum atomic E-state index is 9.23. The van der Waals surface area contributed by atoms with Gasteiger partial charge in [0.2, 0.25) is 5.95 Å². The van der Waals surface area contributed by atoms with Crippen LogP contribution in [-0.2, 0) is 6.54 Å². The van der Waals surface area contributed by atoms with Crippen molar-refractivity contribution in [2.45, 2.75) is 44.7 Å². The van der Waals surface area contributed by atoms with Crippen LogP contribution in [0.2, 0.25) is 0 Å². The summed E-state index contributed by atoms with van der Waals surface area (Å²) < 4.78 is 1.78.